The summed E-state index contributed by atoms with van der Waals surface area (Å²) < 4.78 is 15.6. The Bertz CT molecular complexity index is 1560. The lowest BCUT2D eigenvalue weighted by Gasteiger charge is -2.12. The van der Waals surface area contributed by atoms with Gasteiger partial charge in [0.05, 0.1) is 29.3 Å². The van der Waals surface area contributed by atoms with Crippen molar-refractivity contribution in [2.45, 2.75) is 12.0 Å². The highest BCUT2D eigenvalue weighted by Crippen LogP contribution is 2.30. The maximum absolute atomic E-state index is 13.4. The molecule has 1 atom stereocenters. The van der Waals surface area contributed by atoms with E-state index in [9.17, 15) is 4.39 Å². The van der Waals surface area contributed by atoms with Gasteiger partial charge in [-0.3, -0.25) is 10.4 Å². The van der Waals surface area contributed by atoms with Crippen molar-refractivity contribution in [1.29, 1.82) is 0 Å². The Hall–Kier alpha value is -4.10. The van der Waals surface area contributed by atoms with E-state index < -0.39 is 0 Å². The van der Waals surface area contributed by atoms with Crippen LogP contribution in [0.15, 0.2) is 102 Å². The second-order valence-corrected chi connectivity index (χ2v) is 9.28. The van der Waals surface area contributed by atoms with Crippen molar-refractivity contribution in [3.8, 4) is 0 Å². The minimum atomic E-state index is -0.228. The number of nitrogens with zero attached hydrogens (tertiary/aromatic N) is 3. The summed E-state index contributed by atoms with van der Waals surface area (Å²) in [6.07, 6.45) is 3.63. The van der Waals surface area contributed by atoms with Crippen molar-refractivity contribution in [3.63, 3.8) is 0 Å². The third-order valence-electron chi connectivity index (χ3n) is 6.02. The topological polar surface area (TPSA) is 54.2 Å². The van der Waals surface area contributed by atoms with Crippen molar-refractivity contribution in [2.75, 3.05) is 0 Å². The molecule has 1 aliphatic heterocycles. The van der Waals surface area contributed by atoms with Gasteiger partial charge in [0, 0.05) is 22.8 Å². The van der Waals surface area contributed by atoms with Crippen LogP contribution in [0.3, 0.4) is 0 Å². The zero-order chi connectivity index (χ0) is 23.6. The monoisotopic (exact) mass is 479 g/mol. The molecular formula is C28H22FN5S. The fourth-order valence-corrected chi connectivity index (χ4v) is 5.12. The highest BCUT2D eigenvalue weighted by molar-refractivity contribution is 8.03. The molecule has 5 nitrogen and oxygen atoms in total. The maximum Gasteiger partial charge on any atom is 0.165 e. The molecule has 2 aromatic heterocycles. The maximum atomic E-state index is 13.4. The lowest BCUT2D eigenvalue weighted by Crippen LogP contribution is -2.31. The number of hydrogen-bond donors (Lipinski definition) is 2. The van der Waals surface area contributed by atoms with E-state index in [0.717, 1.165) is 44.3 Å². The Labute approximate surface area is 206 Å². The molecule has 1 aliphatic rings. The molecule has 0 bridgehead atoms. The number of halogens is 1. The van der Waals surface area contributed by atoms with E-state index >= 15 is 0 Å². The van der Waals surface area contributed by atoms with Crippen LogP contribution in [0.2, 0.25) is 0 Å². The van der Waals surface area contributed by atoms with E-state index in [0.29, 0.717) is 6.54 Å². The van der Waals surface area contributed by atoms with Gasteiger partial charge in [-0.2, -0.15) is 5.10 Å². The Morgan fingerprint density at radius 2 is 1.77 bits per heavy atom. The predicted octanol–water partition coefficient (Wildman–Crippen LogP) is 5.92. The van der Waals surface area contributed by atoms with E-state index in [2.05, 4.69) is 61.1 Å². The lowest BCUT2D eigenvalue weighted by molar-refractivity contribution is 0.626. The molecular weight excluding hydrogens is 457 g/mol. The molecule has 0 fully saturated rings. The van der Waals surface area contributed by atoms with Crippen LogP contribution in [0.25, 0.3) is 27.5 Å². The van der Waals surface area contributed by atoms with Crippen LogP contribution in [0.1, 0.15) is 16.8 Å². The van der Waals surface area contributed by atoms with Crippen LogP contribution >= 0.6 is 11.8 Å². The molecule has 3 aromatic carbocycles. The van der Waals surface area contributed by atoms with E-state index in [-0.39, 0.29) is 11.3 Å². The summed E-state index contributed by atoms with van der Waals surface area (Å²) in [5, 5.41) is 12.2. The van der Waals surface area contributed by atoms with Gasteiger partial charge in [-0.15, -0.1) is 0 Å². The fourth-order valence-electron chi connectivity index (χ4n) is 4.32. The fraction of sp³-hybridized carbons (Fsp3) is 0.0714. The van der Waals surface area contributed by atoms with E-state index in [1.54, 1.807) is 18.0 Å². The second-order valence-electron chi connectivity index (χ2n) is 8.30. The molecule has 172 valence electrons. The quantitative estimate of drug-likeness (QED) is 0.235. The zero-order valence-electron chi connectivity index (χ0n) is 18.7. The first kappa shape index (κ1) is 21.4. The highest BCUT2D eigenvalue weighted by Gasteiger charge is 2.16. The Morgan fingerprint density at radius 1 is 0.971 bits per heavy atom. The number of fused-ring (bicyclic) bond motifs is 3. The Morgan fingerprint density at radius 3 is 2.63 bits per heavy atom. The highest BCUT2D eigenvalue weighted by atomic mass is 32.2. The average molecular weight is 480 g/mol. The van der Waals surface area contributed by atoms with E-state index in [4.69, 9.17) is 0 Å². The van der Waals surface area contributed by atoms with Crippen LogP contribution < -0.4 is 10.7 Å². The number of hydrazone groups is 1. The van der Waals surface area contributed by atoms with Crippen LogP contribution in [0.4, 0.5) is 4.39 Å². The number of nitrogens with one attached hydrogen (secondary N) is 2. The van der Waals surface area contributed by atoms with Crippen molar-refractivity contribution >= 4 is 45.5 Å². The number of benzene rings is 3. The molecule has 2 N–H and O–H groups in total. The molecule has 0 amide bonds. The molecule has 5 aromatic rings. The number of hydrogen-bond acceptors (Lipinski definition) is 5. The summed E-state index contributed by atoms with van der Waals surface area (Å²) in [5.74, 6) is -0.228. The van der Waals surface area contributed by atoms with Gasteiger partial charge in [0.2, 0.25) is 0 Å². The summed E-state index contributed by atoms with van der Waals surface area (Å²) in [6, 6.07) is 27.2. The first-order valence-electron chi connectivity index (χ1n) is 11.3. The molecule has 0 saturated carbocycles. The zero-order valence-corrected chi connectivity index (χ0v) is 19.5. The van der Waals surface area contributed by atoms with Crippen molar-refractivity contribution in [3.05, 3.63) is 119 Å². The minimum Gasteiger partial charge on any atom is -0.355 e. The summed E-state index contributed by atoms with van der Waals surface area (Å²) in [4.78, 5) is 4.63. The molecule has 7 heteroatoms. The van der Waals surface area contributed by atoms with Gasteiger partial charge in [0.15, 0.2) is 5.50 Å². The van der Waals surface area contributed by atoms with Gasteiger partial charge in [0.25, 0.3) is 0 Å². The summed E-state index contributed by atoms with van der Waals surface area (Å²) in [5.41, 5.74) is 9.30. The molecule has 6 rings (SSSR count). The van der Waals surface area contributed by atoms with E-state index in [1.807, 2.05) is 48.7 Å². The summed E-state index contributed by atoms with van der Waals surface area (Å²) >= 11 is 1.64. The van der Waals surface area contributed by atoms with Gasteiger partial charge in [0.1, 0.15) is 5.82 Å². The molecule has 0 aliphatic carbocycles. The first-order valence-corrected chi connectivity index (χ1v) is 12.3. The third kappa shape index (κ3) is 4.38. The third-order valence-corrected chi connectivity index (χ3v) is 6.88. The van der Waals surface area contributed by atoms with Crippen molar-refractivity contribution < 1.29 is 4.39 Å². The van der Waals surface area contributed by atoms with Crippen LogP contribution in [0.5, 0.6) is 0 Å². The van der Waals surface area contributed by atoms with Gasteiger partial charge < -0.3 is 9.88 Å². The largest absolute Gasteiger partial charge is 0.355 e. The summed E-state index contributed by atoms with van der Waals surface area (Å²) in [6.45, 7) is 0.641. The molecule has 1 unspecified atom stereocenters. The standard InChI is InChI=1S/C28H22FN5S/c29-21-12-10-19(11-13-21)17-34-26-9-5-4-8-23(26)24-14-22(30-16-27(24)34)15-31-33-28-32-25(18-35-28)20-6-2-1-3-7-20/h1-16,18,28,32-33H,17H2/b31-15+. The number of pyridine rings is 1. The number of thioether (sulfide) groups is 1. The van der Waals surface area contributed by atoms with Crippen LogP contribution in [-0.2, 0) is 6.54 Å². The minimum absolute atomic E-state index is 0.0391. The van der Waals surface area contributed by atoms with Crippen LogP contribution in [0, 0.1) is 5.82 Å². The summed E-state index contributed by atoms with van der Waals surface area (Å²) in [7, 11) is 0. The normalized spacial score (nSPS) is 15.6. The molecule has 3 heterocycles. The molecule has 0 radical (unpaired) electrons. The lowest BCUT2D eigenvalue weighted by atomic mass is 10.2. The number of aromatic nitrogens is 2. The average Bonchev–Trinajstić information content (AvgIpc) is 3.49. The molecule has 0 spiro atoms. The second kappa shape index (κ2) is 9.27. The molecule has 35 heavy (non-hydrogen) atoms. The first-order chi connectivity index (χ1) is 17.2. The SMILES string of the molecule is Fc1ccc(Cn2c3ccccc3c3cc(/C=N/NC4NC(c5ccccc5)=CS4)ncc32)cc1. The Kier molecular flexibility index (Phi) is 5.68. The predicted molar refractivity (Wildman–Crippen MR) is 142 cm³/mol. The molecule has 0 saturated heterocycles. The number of para-hydroxylation sites is 1. The number of rotatable bonds is 6. The van der Waals surface area contributed by atoms with Gasteiger partial charge in [-0.1, -0.05) is 72.4 Å². The Balaban J connectivity index is 1.22. The van der Waals surface area contributed by atoms with Crippen molar-refractivity contribution in [2.24, 2.45) is 5.10 Å². The van der Waals surface area contributed by atoms with Crippen LogP contribution in [-0.4, -0.2) is 21.3 Å². The van der Waals surface area contributed by atoms with Gasteiger partial charge in [-0.25, -0.2) is 4.39 Å². The van der Waals surface area contributed by atoms with Gasteiger partial charge in [-0.05, 0) is 40.8 Å². The van der Waals surface area contributed by atoms with Crippen molar-refractivity contribution in [1.82, 2.24) is 20.3 Å². The smallest absolute Gasteiger partial charge is 0.165 e. The van der Waals surface area contributed by atoms with Gasteiger partial charge >= 0.3 is 0 Å². The van der Waals surface area contributed by atoms with E-state index in [1.165, 1.54) is 12.1 Å².